The molecule has 2 aliphatic carbocycles. The van der Waals surface area contributed by atoms with E-state index in [1.165, 1.54) is 12.8 Å². The molecule has 0 aromatic heterocycles. The van der Waals surface area contributed by atoms with Crippen LogP contribution in [0.25, 0.3) is 0 Å². The number of hydrogen-bond acceptors (Lipinski definition) is 2. The van der Waals surface area contributed by atoms with Crippen LogP contribution in [0.3, 0.4) is 0 Å². The molecular formula is C15H24O2. The van der Waals surface area contributed by atoms with Crippen LogP contribution in [0.1, 0.15) is 46.5 Å². The van der Waals surface area contributed by atoms with Gasteiger partial charge in [0.05, 0.1) is 6.10 Å². The normalized spacial score (nSPS) is 54.3. The Morgan fingerprint density at radius 3 is 2.82 bits per heavy atom. The molecule has 0 aromatic carbocycles. The van der Waals surface area contributed by atoms with Crippen molar-refractivity contribution < 1.29 is 9.53 Å². The van der Waals surface area contributed by atoms with Crippen LogP contribution in [0, 0.1) is 29.1 Å². The number of rotatable bonds is 0. The fraction of sp³-hybridized carbons (Fsp3) is 0.933. The quantitative estimate of drug-likeness (QED) is 0.646. The van der Waals surface area contributed by atoms with Gasteiger partial charge in [-0.05, 0) is 36.5 Å². The summed E-state index contributed by atoms with van der Waals surface area (Å²) in [5, 5.41) is 0. The minimum absolute atomic E-state index is 0.215. The van der Waals surface area contributed by atoms with E-state index in [-0.39, 0.29) is 5.92 Å². The van der Waals surface area contributed by atoms with Crippen molar-refractivity contribution in [1.29, 1.82) is 0 Å². The minimum atomic E-state index is 0.215. The molecule has 6 unspecified atom stereocenters. The van der Waals surface area contributed by atoms with E-state index in [0.29, 0.717) is 35.1 Å². The number of ketones is 1. The minimum Gasteiger partial charge on any atom is -0.377 e. The summed E-state index contributed by atoms with van der Waals surface area (Å²) in [5.74, 6) is 2.56. The zero-order valence-corrected chi connectivity index (χ0v) is 11.2. The van der Waals surface area contributed by atoms with Crippen molar-refractivity contribution in [3.05, 3.63) is 0 Å². The second-order valence-corrected chi connectivity index (χ2v) is 6.91. The molecule has 6 atom stereocenters. The van der Waals surface area contributed by atoms with Crippen LogP contribution in [0.2, 0.25) is 0 Å². The first-order valence-electron chi connectivity index (χ1n) is 7.17. The Kier molecular flexibility index (Phi) is 2.62. The molecule has 3 aliphatic rings. The molecule has 3 fully saturated rings. The number of hydrogen-bond donors (Lipinski definition) is 0. The highest BCUT2D eigenvalue weighted by Crippen LogP contribution is 2.56. The Morgan fingerprint density at radius 2 is 2.06 bits per heavy atom. The Bertz CT molecular complexity index is 338. The summed E-state index contributed by atoms with van der Waals surface area (Å²) in [6, 6.07) is 0. The number of carbonyl (C=O) groups excluding carboxylic acids is 1. The summed E-state index contributed by atoms with van der Waals surface area (Å²) in [5.41, 5.74) is 0.360. The highest BCUT2D eigenvalue weighted by molar-refractivity contribution is 5.82. The third-order valence-corrected chi connectivity index (χ3v) is 5.90. The summed E-state index contributed by atoms with van der Waals surface area (Å²) < 4.78 is 6.07. The van der Waals surface area contributed by atoms with E-state index < -0.39 is 0 Å². The van der Waals surface area contributed by atoms with Gasteiger partial charge in [0.25, 0.3) is 0 Å². The van der Waals surface area contributed by atoms with Gasteiger partial charge in [0, 0.05) is 24.9 Å². The first-order chi connectivity index (χ1) is 8.03. The predicted octanol–water partition coefficient (Wildman–Crippen LogP) is 3.05. The predicted molar refractivity (Wildman–Crippen MR) is 66.6 cm³/mol. The van der Waals surface area contributed by atoms with E-state index in [9.17, 15) is 4.79 Å². The third-order valence-electron chi connectivity index (χ3n) is 5.90. The van der Waals surface area contributed by atoms with Crippen LogP contribution >= 0.6 is 0 Å². The van der Waals surface area contributed by atoms with E-state index in [0.717, 1.165) is 19.4 Å². The Hall–Kier alpha value is -0.370. The van der Waals surface area contributed by atoms with Crippen molar-refractivity contribution in [3.63, 3.8) is 0 Å². The standard InChI is InChI=1S/C15H24O2/c1-9-8-17-14-11(9)4-6-15(3)7-5-12(16)10(2)13(14)15/h9-11,13-14H,4-8H2,1-3H3. The summed E-state index contributed by atoms with van der Waals surface area (Å²) in [4.78, 5) is 12.0. The van der Waals surface area contributed by atoms with Crippen LogP contribution in [-0.4, -0.2) is 18.5 Å². The fourth-order valence-corrected chi connectivity index (χ4v) is 4.73. The van der Waals surface area contributed by atoms with Gasteiger partial charge < -0.3 is 4.74 Å². The molecule has 1 aliphatic heterocycles. The maximum absolute atomic E-state index is 12.0. The smallest absolute Gasteiger partial charge is 0.136 e. The molecule has 0 aromatic rings. The summed E-state index contributed by atoms with van der Waals surface area (Å²) in [7, 11) is 0. The maximum Gasteiger partial charge on any atom is 0.136 e. The van der Waals surface area contributed by atoms with Gasteiger partial charge in [-0.1, -0.05) is 20.8 Å². The van der Waals surface area contributed by atoms with Crippen molar-refractivity contribution in [2.45, 2.75) is 52.6 Å². The molecule has 0 spiro atoms. The molecule has 0 amide bonds. The molecule has 2 saturated carbocycles. The van der Waals surface area contributed by atoms with Gasteiger partial charge in [0.2, 0.25) is 0 Å². The number of carbonyl (C=O) groups is 1. The lowest BCUT2D eigenvalue weighted by Gasteiger charge is -2.52. The van der Waals surface area contributed by atoms with E-state index in [1.54, 1.807) is 0 Å². The Labute approximate surface area is 104 Å². The molecule has 2 nitrogen and oxygen atoms in total. The molecular weight excluding hydrogens is 212 g/mol. The summed E-state index contributed by atoms with van der Waals surface area (Å²) in [6.45, 7) is 7.74. The zero-order valence-electron chi connectivity index (χ0n) is 11.2. The lowest BCUT2D eigenvalue weighted by molar-refractivity contribution is -0.144. The van der Waals surface area contributed by atoms with Gasteiger partial charge in [-0.15, -0.1) is 0 Å². The Morgan fingerprint density at radius 1 is 1.29 bits per heavy atom. The van der Waals surface area contributed by atoms with Crippen LogP contribution in [0.4, 0.5) is 0 Å². The van der Waals surface area contributed by atoms with Crippen LogP contribution in [-0.2, 0) is 9.53 Å². The van der Waals surface area contributed by atoms with Gasteiger partial charge in [0.1, 0.15) is 5.78 Å². The summed E-state index contributed by atoms with van der Waals surface area (Å²) >= 11 is 0. The second-order valence-electron chi connectivity index (χ2n) is 6.91. The lowest BCUT2D eigenvalue weighted by Crippen LogP contribution is -2.52. The average molecular weight is 236 g/mol. The van der Waals surface area contributed by atoms with Gasteiger partial charge in [0.15, 0.2) is 0 Å². The largest absolute Gasteiger partial charge is 0.377 e. The monoisotopic (exact) mass is 236 g/mol. The molecule has 2 heteroatoms. The number of fused-ring (bicyclic) bond motifs is 3. The average Bonchev–Trinajstić information content (AvgIpc) is 2.66. The van der Waals surface area contributed by atoms with Crippen molar-refractivity contribution in [1.82, 2.24) is 0 Å². The van der Waals surface area contributed by atoms with Crippen LogP contribution in [0.15, 0.2) is 0 Å². The second kappa shape index (κ2) is 3.81. The van der Waals surface area contributed by atoms with E-state index in [1.807, 2.05) is 0 Å². The molecule has 17 heavy (non-hydrogen) atoms. The van der Waals surface area contributed by atoms with Gasteiger partial charge >= 0.3 is 0 Å². The zero-order chi connectivity index (χ0) is 12.2. The van der Waals surface area contributed by atoms with Crippen LogP contribution in [0.5, 0.6) is 0 Å². The number of ether oxygens (including phenoxy) is 1. The Balaban J connectivity index is 1.92. The van der Waals surface area contributed by atoms with E-state index in [2.05, 4.69) is 20.8 Å². The number of Topliss-reactive ketones (excluding diaryl/α,β-unsaturated/α-hetero) is 1. The molecule has 1 saturated heterocycles. The van der Waals surface area contributed by atoms with Crippen LogP contribution < -0.4 is 0 Å². The maximum atomic E-state index is 12.0. The molecule has 96 valence electrons. The fourth-order valence-electron chi connectivity index (χ4n) is 4.73. The van der Waals surface area contributed by atoms with E-state index in [4.69, 9.17) is 4.74 Å². The molecule has 0 bridgehead atoms. The SMILES string of the molecule is CC1COC2C1CCC1(C)CCC(=O)C(C)C21. The molecule has 3 rings (SSSR count). The van der Waals surface area contributed by atoms with Crippen molar-refractivity contribution in [3.8, 4) is 0 Å². The molecule has 0 radical (unpaired) electrons. The third kappa shape index (κ3) is 1.60. The van der Waals surface area contributed by atoms with Crippen molar-refractivity contribution >= 4 is 5.78 Å². The highest BCUT2D eigenvalue weighted by Gasteiger charge is 2.55. The molecule has 0 N–H and O–H groups in total. The molecule has 1 heterocycles. The van der Waals surface area contributed by atoms with Gasteiger partial charge in [-0.25, -0.2) is 0 Å². The lowest BCUT2D eigenvalue weighted by atomic mass is 9.53. The van der Waals surface area contributed by atoms with Crippen molar-refractivity contribution in [2.24, 2.45) is 29.1 Å². The first-order valence-corrected chi connectivity index (χ1v) is 7.17. The van der Waals surface area contributed by atoms with Gasteiger partial charge in [-0.3, -0.25) is 4.79 Å². The van der Waals surface area contributed by atoms with Crippen molar-refractivity contribution in [2.75, 3.05) is 6.61 Å². The van der Waals surface area contributed by atoms with Gasteiger partial charge in [-0.2, -0.15) is 0 Å². The highest BCUT2D eigenvalue weighted by atomic mass is 16.5. The topological polar surface area (TPSA) is 26.3 Å². The van der Waals surface area contributed by atoms with E-state index >= 15 is 0 Å². The summed E-state index contributed by atoms with van der Waals surface area (Å²) in [6.07, 6.45) is 4.84. The first kappa shape index (κ1) is 11.7.